The van der Waals surface area contributed by atoms with Crippen LogP contribution in [0.4, 0.5) is 0 Å². The Balaban J connectivity index is 4.69. The number of carboxylic acids is 1. The number of carbonyl (C=O) groups is 4. The molecule has 0 aromatic rings. The molecule has 0 radical (unpaired) electrons. The van der Waals surface area contributed by atoms with E-state index in [9.17, 15) is 19.2 Å². The van der Waals surface area contributed by atoms with Crippen LogP contribution in [0.15, 0.2) is 0 Å². The minimum absolute atomic E-state index is 0.0269. The summed E-state index contributed by atoms with van der Waals surface area (Å²) in [6, 6.07) is -1.85. The number of carbonyl (C=O) groups excluding carboxylic acids is 3. The molecule has 3 amide bonds. The van der Waals surface area contributed by atoms with Crippen molar-refractivity contribution in [3.8, 4) is 0 Å². The Labute approximate surface area is 128 Å². The quantitative estimate of drug-likeness (QED) is 0.322. The minimum Gasteiger partial charge on any atom is -0.480 e. The second-order valence-corrected chi connectivity index (χ2v) is 5.41. The van der Waals surface area contributed by atoms with Crippen molar-refractivity contribution in [2.24, 2.45) is 17.4 Å². The van der Waals surface area contributed by atoms with Crippen molar-refractivity contribution in [3.05, 3.63) is 0 Å². The average molecular weight is 316 g/mol. The van der Waals surface area contributed by atoms with E-state index in [1.54, 1.807) is 0 Å². The fourth-order valence-corrected chi connectivity index (χ4v) is 1.74. The van der Waals surface area contributed by atoms with Gasteiger partial charge in [-0.05, 0) is 18.8 Å². The second-order valence-electron chi connectivity index (χ2n) is 5.41. The van der Waals surface area contributed by atoms with Crippen LogP contribution >= 0.6 is 0 Å². The molecule has 0 rings (SSSR count). The first kappa shape index (κ1) is 19.8. The normalized spacial score (nSPS) is 13.3. The molecule has 0 aliphatic carbocycles. The highest BCUT2D eigenvalue weighted by atomic mass is 16.4. The number of nitrogens with one attached hydrogen (secondary N) is 2. The van der Waals surface area contributed by atoms with Gasteiger partial charge in [0.15, 0.2) is 0 Å². The van der Waals surface area contributed by atoms with Crippen molar-refractivity contribution in [1.82, 2.24) is 10.6 Å². The molecule has 7 N–H and O–H groups in total. The van der Waals surface area contributed by atoms with Crippen LogP contribution in [0.1, 0.15) is 33.1 Å². The van der Waals surface area contributed by atoms with Gasteiger partial charge in [0, 0.05) is 6.42 Å². The van der Waals surface area contributed by atoms with Gasteiger partial charge in [-0.15, -0.1) is 0 Å². The van der Waals surface area contributed by atoms with Crippen LogP contribution in [0.25, 0.3) is 0 Å². The highest BCUT2D eigenvalue weighted by Crippen LogP contribution is 2.04. The topological polar surface area (TPSA) is 165 Å². The summed E-state index contributed by atoms with van der Waals surface area (Å²) in [4.78, 5) is 45.1. The number of aliphatic carboxylic acids is 1. The summed E-state index contributed by atoms with van der Waals surface area (Å²) in [7, 11) is 0. The zero-order valence-corrected chi connectivity index (χ0v) is 12.8. The lowest BCUT2D eigenvalue weighted by molar-refractivity contribution is -0.138. The van der Waals surface area contributed by atoms with E-state index in [0.717, 1.165) is 0 Å². The van der Waals surface area contributed by atoms with Crippen LogP contribution in [-0.4, -0.2) is 47.4 Å². The van der Waals surface area contributed by atoms with Crippen LogP contribution in [0.3, 0.4) is 0 Å². The van der Waals surface area contributed by atoms with E-state index in [2.05, 4.69) is 10.6 Å². The molecule has 9 heteroatoms. The van der Waals surface area contributed by atoms with Crippen LogP contribution in [0.5, 0.6) is 0 Å². The van der Waals surface area contributed by atoms with E-state index < -0.39 is 42.3 Å². The Morgan fingerprint density at radius 3 is 2.18 bits per heavy atom. The SMILES string of the molecule is CC(C)CC(N)C(=O)NC(CCC(N)=O)C(=O)NCC(=O)O. The summed E-state index contributed by atoms with van der Waals surface area (Å²) in [6.45, 7) is 3.22. The lowest BCUT2D eigenvalue weighted by Crippen LogP contribution is -2.52. The predicted molar refractivity (Wildman–Crippen MR) is 78.4 cm³/mol. The van der Waals surface area contributed by atoms with E-state index in [0.29, 0.717) is 6.42 Å². The van der Waals surface area contributed by atoms with Crippen molar-refractivity contribution >= 4 is 23.7 Å². The first-order valence-electron chi connectivity index (χ1n) is 6.97. The smallest absolute Gasteiger partial charge is 0.322 e. The van der Waals surface area contributed by atoms with Gasteiger partial charge in [0.25, 0.3) is 0 Å². The minimum atomic E-state index is -1.22. The van der Waals surface area contributed by atoms with Gasteiger partial charge in [-0.25, -0.2) is 0 Å². The summed E-state index contributed by atoms with van der Waals surface area (Å²) in [5, 5.41) is 13.1. The third-order valence-electron chi connectivity index (χ3n) is 2.79. The standard InChI is InChI=1S/C13H24N4O5/c1-7(2)5-8(14)12(21)17-9(3-4-10(15)18)13(22)16-6-11(19)20/h7-9H,3-6,14H2,1-2H3,(H2,15,18)(H,16,22)(H,17,21)(H,19,20). The number of nitrogens with two attached hydrogens (primary N) is 2. The summed E-state index contributed by atoms with van der Waals surface area (Å²) in [6.07, 6.45) is 0.289. The van der Waals surface area contributed by atoms with Gasteiger partial charge in [-0.3, -0.25) is 19.2 Å². The maximum atomic E-state index is 11.9. The van der Waals surface area contributed by atoms with Gasteiger partial charge in [-0.2, -0.15) is 0 Å². The third-order valence-corrected chi connectivity index (χ3v) is 2.79. The number of amides is 3. The van der Waals surface area contributed by atoms with Gasteiger partial charge in [-0.1, -0.05) is 13.8 Å². The van der Waals surface area contributed by atoms with Crippen LogP contribution < -0.4 is 22.1 Å². The molecule has 126 valence electrons. The molecular formula is C13H24N4O5. The molecule has 22 heavy (non-hydrogen) atoms. The van der Waals surface area contributed by atoms with Crippen LogP contribution in [-0.2, 0) is 19.2 Å². The fourth-order valence-electron chi connectivity index (χ4n) is 1.74. The highest BCUT2D eigenvalue weighted by Gasteiger charge is 2.24. The lowest BCUT2D eigenvalue weighted by Gasteiger charge is -2.20. The number of carboxylic acid groups (broad SMARTS) is 1. The number of primary amides is 1. The molecule has 2 atom stereocenters. The molecule has 0 saturated carbocycles. The van der Waals surface area contributed by atoms with Crippen LogP contribution in [0.2, 0.25) is 0 Å². The maximum Gasteiger partial charge on any atom is 0.322 e. The van der Waals surface area contributed by atoms with Crippen LogP contribution in [0, 0.1) is 5.92 Å². The number of rotatable bonds is 10. The highest BCUT2D eigenvalue weighted by molar-refractivity contribution is 5.91. The second kappa shape index (κ2) is 9.72. The number of hydrogen-bond acceptors (Lipinski definition) is 5. The third kappa shape index (κ3) is 8.90. The maximum absolute atomic E-state index is 11.9. The van der Waals surface area contributed by atoms with E-state index in [-0.39, 0.29) is 18.8 Å². The first-order chi connectivity index (χ1) is 10.1. The van der Waals surface area contributed by atoms with Gasteiger partial charge in [0.1, 0.15) is 12.6 Å². The molecule has 0 aromatic heterocycles. The molecule has 0 saturated heterocycles. The summed E-state index contributed by atoms with van der Waals surface area (Å²) < 4.78 is 0. The summed E-state index contributed by atoms with van der Waals surface area (Å²) >= 11 is 0. The summed E-state index contributed by atoms with van der Waals surface area (Å²) in [5.41, 5.74) is 10.7. The van der Waals surface area contributed by atoms with Gasteiger partial charge in [0.05, 0.1) is 6.04 Å². The molecule has 0 bridgehead atoms. The van der Waals surface area contributed by atoms with E-state index in [4.69, 9.17) is 16.6 Å². The first-order valence-corrected chi connectivity index (χ1v) is 6.97. The van der Waals surface area contributed by atoms with Crippen molar-refractivity contribution in [2.75, 3.05) is 6.54 Å². The van der Waals surface area contributed by atoms with Crippen molar-refractivity contribution < 1.29 is 24.3 Å². The largest absolute Gasteiger partial charge is 0.480 e. The Bertz CT molecular complexity index is 425. The molecule has 0 fully saturated rings. The van der Waals surface area contributed by atoms with Crippen molar-refractivity contribution in [3.63, 3.8) is 0 Å². The molecular weight excluding hydrogens is 292 g/mol. The van der Waals surface area contributed by atoms with E-state index in [1.165, 1.54) is 0 Å². The Morgan fingerprint density at radius 1 is 1.14 bits per heavy atom. The molecule has 2 unspecified atom stereocenters. The zero-order chi connectivity index (χ0) is 17.3. The molecule has 9 nitrogen and oxygen atoms in total. The average Bonchev–Trinajstić information content (AvgIpc) is 2.39. The molecule has 0 heterocycles. The lowest BCUT2D eigenvalue weighted by atomic mass is 10.0. The fraction of sp³-hybridized carbons (Fsp3) is 0.692. The number of hydrogen-bond donors (Lipinski definition) is 5. The Kier molecular flexibility index (Phi) is 8.76. The van der Waals surface area contributed by atoms with Gasteiger partial charge in [0.2, 0.25) is 17.7 Å². The molecule has 0 aliphatic heterocycles. The Hall–Kier alpha value is -2.16. The molecule has 0 aromatic carbocycles. The monoisotopic (exact) mass is 316 g/mol. The van der Waals surface area contributed by atoms with E-state index >= 15 is 0 Å². The van der Waals surface area contributed by atoms with Gasteiger partial charge < -0.3 is 27.2 Å². The Morgan fingerprint density at radius 2 is 1.73 bits per heavy atom. The summed E-state index contributed by atoms with van der Waals surface area (Å²) in [5.74, 6) is -2.88. The van der Waals surface area contributed by atoms with Gasteiger partial charge >= 0.3 is 5.97 Å². The van der Waals surface area contributed by atoms with E-state index in [1.807, 2.05) is 13.8 Å². The molecule has 0 aliphatic rings. The molecule has 0 spiro atoms. The zero-order valence-electron chi connectivity index (χ0n) is 12.8. The van der Waals surface area contributed by atoms with Crippen molar-refractivity contribution in [1.29, 1.82) is 0 Å². The van der Waals surface area contributed by atoms with Crippen molar-refractivity contribution in [2.45, 2.75) is 45.2 Å². The predicted octanol–water partition coefficient (Wildman–Crippen LogP) is -1.69.